The highest BCUT2D eigenvalue weighted by Crippen LogP contribution is 2.22. The number of hydrogen-bond acceptors (Lipinski definition) is 4. The van der Waals surface area contributed by atoms with Crippen LogP contribution in [0.4, 0.5) is 5.69 Å². The number of para-hydroxylation sites is 1. The molecule has 0 fully saturated rings. The number of ether oxygens (including phenoxy) is 1. The molecule has 0 saturated carbocycles. The molecule has 5 heteroatoms. The Morgan fingerprint density at radius 1 is 0.931 bits per heavy atom. The minimum Gasteiger partial charge on any atom is -0.457 e. The number of nitrogens with one attached hydrogen (secondary N) is 2. The van der Waals surface area contributed by atoms with Crippen molar-refractivity contribution in [2.24, 2.45) is 0 Å². The highest BCUT2D eigenvalue weighted by Gasteiger charge is 2.11. The third kappa shape index (κ3) is 5.72. The number of carbonyl (C=O) groups excluding carboxylic acids is 1. The highest BCUT2D eigenvalue weighted by molar-refractivity contribution is 6.06. The van der Waals surface area contributed by atoms with Gasteiger partial charge in [0.25, 0.3) is 5.91 Å². The number of carbonyl (C=O) groups is 1. The molecule has 29 heavy (non-hydrogen) atoms. The van der Waals surface area contributed by atoms with E-state index < -0.39 is 5.91 Å². The van der Waals surface area contributed by atoms with E-state index in [1.165, 1.54) is 6.20 Å². The fourth-order valence-corrected chi connectivity index (χ4v) is 2.62. The molecule has 3 aromatic rings. The molecule has 0 bridgehead atoms. The van der Waals surface area contributed by atoms with Crippen molar-refractivity contribution >= 4 is 11.6 Å². The molecule has 0 spiro atoms. The molecule has 0 aliphatic heterocycles. The van der Waals surface area contributed by atoms with Crippen LogP contribution in [0.5, 0.6) is 11.5 Å². The quantitative estimate of drug-likeness (QED) is 0.436. The van der Waals surface area contributed by atoms with Crippen molar-refractivity contribution in [1.29, 1.82) is 5.26 Å². The van der Waals surface area contributed by atoms with E-state index in [4.69, 9.17) is 4.74 Å². The smallest absolute Gasteiger partial charge is 0.267 e. The van der Waals surface area contributed by atoms with Crippen molar-refractivity contribution in [3.8, 4) is 17.6 Å². The molecule has 0 aromatic heterocycles. The first-order valence-electron chi connectivity index (χ1n) is 9.21. The lowest BCUT2D eigenvalue weighted by atomic mass is 10.1. The van der Waals surface area contributed by atoms with Crippen LogP contribution in [0.3, 0.4) is 0 Å². The number of anilines is 1. The number of amides is 1. The first-order chi connectivity index (χ1) is 14.2. The Hall–Kier alpha value is -4.04. The van der Waals surface area contributed by atoms with Crippen molar-refractivity contribution in [2.75, 3.05) is 5.32 Å². The maximum atomic E-state index is 12.4. The summed E-state index contributed by atoms with van der Waals surface area (Å²) in [5.41, 5.74) is 1.64. The van der Waals surface area contributed by atoms with Crippen molar-refractivity contribution in [3.05, 3.63) is 102 Å². The molecule has 1 unspecified atom stereocenters. The van der Waals surface area contributed by atoms with Crippen LogP contribution in [0.1, 0.15) is 18.5 Å². The Morgan fingerprint density at radius 2 is 1.52 bits per heavy atom. The van der Waals surface area contributed by atoms with Gasteiger partial charge in [-0.15, -0.1) is 0 Å². The van der Waals surface area contributed by atoms with Crippen LogP contribution >= 0.6 is 0 Å². The third-order valence-corrected chi connectivity index (χ3v) is 4.23. The molecule has 3 rings (SSSR count). The lowest BCUT2D eigenvalue weighted by molar-refractivity contribution is -0.112. The summed E-state index contributed by atoms with van der Waals surface area (Å²) >= 11 is 0. The Balaban J connectivity index is 1.59. The standard InChI is InChI=1S/C24H21N3O2/c1-18(19-8-4-2-5-9-19)26-17-20(16-25)24(28)27-21-12-14-23(15-13-21)29-22-10-6-3-7-11-22/h2-15,17-18,26H,1H3,(H,27,28)/b20-17-. The average Bonchev–Trinajstić information content (AvgIpc) is 2.77. The van der Waals surface area contributed by atoms with Gasteiger partial charge < -0.3 is 15.4 Å². The Morgan fingerprint density at radius 3 is 2.14 bits per heavy atom. The fraction of sp³-hybridized carbons (Fsp3) is 0.0833. The lowest BCUT2D eigenvalue weighted by Crippen LogP contribution is -2.18. The monoisotopic (exact) mass is 383 g/mol. The maximum Gasteiger partial charge on any atom is 0.267 e. The van der Waals surface area contributed by atoms with Crippen LogP contribution < -0.4 is 15.4 Å². The van der Waals surface area contributed by atoms with E-state index in [0.29, 0.717) is 11.4 Å². The molecule has 5 nitrogen and oxygen atoms in total. The molecule has 0 saturated heterocycles. The number of hydrogen-bond donors (Lipinski definition) is 2. The minimum atomic E-state index is -0.475. The van der Waals surface area contributed by atoms with Gasteiger partial charge in [0.2, 0.25) is 0 Å². The van der Waals surface area contributed by atoms with Gasteiger partial charge in [-0.3, -0.25) is 4.79 Å². The van der Waals surface area contributed by atoms with Crippen LogP contribution in [-0.2, 0) is 4.79 Å². The van der Waals surface area contributed by atoms with E-state index in [-0.39, 0.29) is 11.6 Å². The predicted octanol–water partition coefficient (Wildman–Crippen LogP) is 5.18. The van der Waals surface area contributed by atoms with E-state index in [1.54, 1.807) is 24.3 Å². The van der Waals surface area contributed by atoms with Gasteiger partial charge in [0.15, 0.2) is 0 Å². The average molecular weight is 383 g/mol. The molecule has 1 atom stereocenters. The van der Waals surface area contributed by atoms with Gasteiger partial charge >= 0.3 is 0 Å². The van der Waals surface area contributed by atoms with E-state index in [0.717, 1.165) is 11.3 Å². The second-order valence-electron chi connectivity index (χ2n) is 6.36. The van der Waals surface area contributed by atoms with Crippen LogP contribution in [-0.4, -0.2) is 5.91 Å². The number of rotatable bonds is 7. The molecule has 144 valence electrons. The first kappa shape index (κ1) is 19.7. The van der Waals surface area contributed by atoms with Gasteiger partial charge in [-0.25, -0.2) is 0 Å². The molecular formula is C24H21N3O2. The summed E-state index contributed by atoms with van der Waals surface area (Å²) in [4.78, 5) is 12.4. The van der Waals surface area contributed by atoms with Gasteiger partial charge in [0.1, 0.15) is 23.1 Å². The zero-order valence-electron chi connectivity index (χ0n) is 16.0. The Bertz CT molecular complexity index is 1010. The first-order valence-corrected chi connectivity index (χ1v) is 9.21. The zero-order chi connectivity index (χ0) is 20.5. The number of benzene rings is 3. The van der Waals surface area contributed by atoms with Crippen LogP contribution in [0.15, 0.2) is 96.7 Å². The van der Waals surface area contributed by atoms with Crippen LogP contribution in [0, 0.1) is 11.3 Å². The Kier molecular flexibility index (Phi) is 6.64. The minimum absolute atomic E-state index is 0.00241. The summed E-state index contributed by atoms with van der Waals surface area (Å²) in [5.74, 6) is 0.915. The fourth-order valence-electron chi connectivity index (χ4n) is 2.62. The second kappa shape index (κ2) is 9.77. The van der Waals surface area contributed by atoms with Crippen molar-refractivity contribution < 1.29 is 9.53 Å². The second-order valence-corrected chi connectivity index (χ2v) is 6.36. The molecule has 3 aromatic carbocycles. The summed E-state index contributed by atoms with van der Waals surface area (Å²) in [6.45, 7) is 1.96. The molecule has 0 radical (unpaired) electrons. The van der Waals surface area contributed by atoms with Gasteiger partial charge in [-0.2, -0.15) is 5.26 Å². The van der Waals surface area contributed by atoms with E-state index in [2.05, 4.69) is 10.6 Å². The normalized spacial score (nSPS) is 11.8. The van der Waals surface area contributed by atoms with E-state index in [9.17, 15) is 10.1 Å². The van der Waals surface area contributed by atoms with Gasteiger partial charge in [-0.05, 0) is 48.9 Å². The highest BCUT2D eigenvalue weighted by atomic mass is 16.5. The number of nitrogens with zero attached hydrogens (tertiary/aromatic N) is 1. The topological polar surface area (TPSA) is 74.2 Å². The summed E-state index contributed by atoms with van der Waals surface area (Å²) in [5, 5.41) is 15.1. The van der Waals surface area contributed by atoms with Crippen molar-refractivity contribution in [1.82, 2.24) is 5.32 Å². The molecular weight excluding hydrogens is 362 g/mol. The summed E-state index contributed by atoms with van der Waals surface area (Å²) in [6.07, 6.45) is 1.44. The van der Waals surface area contributed by atoms with Crippen LogP contribution in [0.2, 0.25) is 0 Å². The summed E-state index contributed by atoms with van der Waals surface area (Å²) in [7, 11) is 0. The Labute approximate surface area is 170 Å². The van der Waals surface area contributed by atoms with E-state index in [1.807, 2.05) is 73.7 Å². The summed E-state index contributed by atoms with van der Waals surface area (Å²) in [6, 6.07) is 28.1. The third-order valence-electron chi connectivity index (χ3n) is 4.23. The van der Waals surface area contributed by atoms with Gasteiger partial charge in [-0.1, -0.05) is 48.5 Å². The van der Waals surface area contributed by atoms with Gasteiger partial charge in [0, 0.05) is 17.9 Å². The maximum absolute atomic E-state index is 12.4. The predicted molar refractivity (Wildman–Crippen MR) is 113 cm³/mol. The number of nitriles is 1. The van der Waals surface area contributed by atoms with Crippen molar-refractivity contribution in [2.45, 2.75) is 13.0 Å². The molecule has 0 heterocycles. The molecule has 2 N–H and O–H groups in total. The molecule has 1 amide bonds. The molecule has 0 aliphatic rings. The molecule has 0 aliphatic carbocycles. The largest absolute Gasteiger partial charge is 0.457 e. The SMILES string of the molecule is CC(N/C=C(/C#N)C(=O)Nc1ccc(Oc2ccccc2)cc1)c1ccccc1. The lowest BCUT2D eigenvalue weighted by Gasteiger charge is -2.12. The van der Waals surface area contributed by atoms with Crippen LogP contribution in [0.25, 0.3) is 0 Å². The van der Waals surface area contributed by atoms with Crippen molar-refractivity contribution in [3.63, 3.8) is 0 Å². The summed E-state index contributed by atoms with van der Waals surface area (Å²) < 4.78 is 5.73. The van der Waals surface area contributed by atoms with E-state index >= 15 is 0 Å². The van der Waals surface area contributed by atoms with Gasteiger partial charge in [0.05, 0.1) is 0 Å². The zero-order valence-corrected chi connectivity index (χ0v) is 16.0.